The van der Waals surface area contributed by atoms with Crippen LogP contribution in [0.4, 0.5) is 0 Å². The minimum absolute atomic E-state index is 0.0767. The first-order valence-electron chi connectivity index (χ1n) is 8.49. The van der Waals surface area contributed by atoms with E-state index in [1.54, 1.807) is 18.2 Å². The normalized spacial score (nSPS) is 12.0. The van der Waals surface area contributed by atoms with E-state index in [-0.39, 0.29) is 17.2 Å². The Morgan fingerprint density at radius 2 is 1.38 bits per heavy atom. The smallest absolute Gasteiger partial charge is 0.119 e. The second-order valence-corrected chi connectivity index (χ2v) is 11.4. The van der Waals surface area contributed by atoms with Gasteiger partial charge in [0.15, 0.2) is 0 Å². The number of aromatic hydroxyl groups is 3. The van der Waals surface area contributed by atoms with Crippen molar-refractivity contribution in [2.24, 2.45) is 0 Å². The zero-order chi connectivity index (χ0) is 17.7. The molecule has 24 heavy (non-hydrogen) atoms. The van der Waals surface area contributed by atoms with E-state index in [1.165, 1.54) is 6.07 Å². The van der Waals surface area contributed by atoms with Gasteiger partial charge in [0.05, 0.1) is 8.07 Å². The van der Waals surface area contributed by atoms with Gasteiger partial charge in [0.25, 0.3) is 0 Å². The predicted molar refractivity (Wildman–Crippen MR) is 104 cm³/mol. The Bertz CT molecular complexity index is 708. The molecule has 0 radical (unpaired) electrons. The average molecular weight is 343 g/mol. The lowest BCUT2D eigenvalue weighted by molar-refractivity contribution is 0.452. The van der Waals surface area contributed by atoms with Gasteiger partial charge in [-0.05, 0) is 34.5 Å². The molecule has 0 aromatic heterocycles. The molecule has 0 aliphatic rings. The highest BCUT2D eigenvalue weighted by molar-refractivity contribution is 6.92. The molecule has 0 bridgehead atoms. The monoisotopic (exact) mass is 342 g/mol. The standard InChI is InChI=1S/C20H26O3Si/c1-4-24(5-2,6-3)20-16(13-18(22)14-19(20)23)10-7-15-8-11-17(21)12-9-15/h7-14,21-23H,4-6H2,1-3H3. The van der Waals surface area contributed by atoms with E-state index in [1.807, 2.05) is 24.3 Å². The summed E-state index contributed by atoms with van der Waals surface area (Å²) < 4.78 is 0. The number of phenols is 3. The highest BCUT2D eigenvalue weighted by Gasteiger charge is 2.33. The van der Waals surface area contributed by atoms with Crippen LogP contribution in [0.15, 0.2) is 36.4 Å². The van der Waals surface area contributed by atoms with Crippen molar-refractivity contribution in [3.8, 4) is 17.2 Å². The maximum atomic E-state index is 10.5. The highest BCUT2D eigenvalue weighted by atomic mass is 28.3. The fraction of sp³-hybridized carbons (Fsp3) is 0.300. The Morgan fingerprint density at radius 3 is 1.92 bits per heavy atom. The van der Waals surface area contributed by atoms with Crippen LogP contribution in [0.25, 0.3) is 12.2 Å². The van der Waals surface area contributed by atoms with Crippen LogP contribution in [0.5, 0.6) is 17.2 Å². The Balaban J connectivity index is 2.54. The zero-order valence-corrected chi connectivity index (χ0v) is 15.6. The van der Waals surface area contributed by atoms with Crippen molar-refractivity contribution >= 4 is 25.4 Å². The third-order valence-electron chi connectivity index (χ3n) is 5.04. The van der Waals surface area contributed by atoms with Gasteiger partial charge in [0.2, 0.25) is 0 Å². The van der Waals surface area contributed by atoms with Crippen LogP contribution < -0.4 is 5.19 Å². The summed E-state index contributed by atoms with van der Waals surface area (Å²) in [5, 5.41) is 30.9. The van der Waals surface area contributed by atoms with Crippen molar-refractivity contribution in [2.75, 3.05) is 0 Å². The third kappa shape index (κ3) is 3.65. The number of hydrogen-bond donors (Lipinski definition) is 3. The van der Waals surface area contributed by atoms with Crippen LogP contribution in [0, 0.1) is 0 Å². The van der Waals surface area contributed by atoms with E-state index < -0.39 is 8.07 Å². The molecule has 0 saturated heterocycles. The minimum atomic E-state index is -1.81. The minimum Gasteiger partial charge on any atom is -0.508 e. The van der Waals surface area contributed by atoms with Crippen molar-refractivity contribution in [3.63, 3.8) is 0 Å². The lowest BCUT2D eigenvalue weighted by atomic mass is 10.1. The summed E-state index contributed by atoms with van der Waals surface area (Å²) in [6, 6.07) is 13.3. The van der Waals surface area contributed by atoms with Crippen LogP contribution in [-0.4, -0.2) is 23.4 Å². The molecule has 0 aliphatic heterocycles. The molecule has 0 aliphatic carbocycles. The molecule has 0 saturated carbocycles. The van der Waals surface area contributed by atoms with Gasteiger partial charge in [-0.2, -0.15) is 0 Å². The lowest BCUT2D eigenvalue weighted by Crippen LogP contribution is -2.47. The van der Waals surface area contributed by atoms with Gasteiger partial charge in [-0.15, -0.1) is 0 Å². The van der Waals surface area contributed by atoms with Gasteiger partial charge >= 0.3 is 0 Å². The fourth-order valence-electron chi connectivity index (χ4n) is 3.39. The molecule has 0 spiro atoms. The van der Waals surface area contributed by atoms with Crippen LogP contribution in [0.3, 0.4) is 0 Å². The number of benzene rings is 2. The zero-order valence-electron chi connectivity index (χ0n) is 14.6. The molecule has 3 nitrogen and oxygen atoms in total. The first-order chi connectivity index (χ1) is 11.5. The summed E-state index contributed by atoms with van der Waals surface area (Å²) in [7, 11) is -1.81. The van der Waals surface area contributed by atoms with Gasteiger partial charge in [-0.3, -0.25) is 0 Å². The SMILES string of the molecule is CC[Si](CC)(CC)c1c(O)cc(O)cc1C=Cc1ccc(O)cc1. The van der Waals surface area contributed by atoms with Gasteiger partial charge in [-0.25, -0.2) is 0 Å². The summed E-state index contributed by atoms with van der Waals surface area (Å²) in [5.41, 5.74) is 1.84. The Labute approximate surface area is 144 Å². The molecule has 0 amide bonds. The van der Waals surface area contributed by atoms with Gasteiger partial charge in [-0.1, -0.05) is 63.2 Å². The molecular formula is C20H26O3Si. The summed E-state index contributed by atoms with van der Waals surface area (Å²) in [6.45, 7) is 6.58. The predicted octanol–water partition coefficient (Wildman–Crippen LogP) is 4.69. The van der Waals surface area contributed by atoms with Crippen LogP contribution in [0.1, 0.15) is 31.9 Å². The molecule has 0 fully saturated rings. The van der Waals surface area contributed by atoms with Gasteiger partial charge in [0.1, 0.15) is 17.2 Å². The lowest BCUT2D eigenvalue weighted by Gasteiger charge is -2.31. The molecule has 0 heterocycles. The van der Waals surface area contributed by atoms with E-state index in [0.29, 0.717) is 0 Å². The molecular weight excluding hydrogens is 316 g/mol. The maximum absolute atomic E-state index is 10.5. The molecule has 128 valence electrons. The Kier molecular flexibility index (Phi) is 5.73. The molecule has 3 N–H and O–H groups in total. The van der Waals surface area contributed by atoms with Crippen LogP contribution in [0.2, 0.25) is 18.1 Å². The fourth-order valence-corrected chi connectivity index (χ4v) is 7.34. The van der Waals surface area contributed by atoms with Crippen molar-refractivity contribution in [1.82, 2.24) is 0 Å². The maximum Gasteiger partial charge on any atom is 0.119 e. The first-order valence-corrected chi connectivity index (χ1v) is 11.1. The molecule has 2 aromatic rings. The second-order valence-electron chi connectivity index (χ2n) is 6.19. The highest BCUT2D eigenvalue weighted by Crippen LogP contribution is 2.30. The second kappa shape index (κ2) is 7.58. The summed E-state index contributed by atoms with van der Waals surface area (Å²) >= 11 is 0. The number of rotatable bonds is 6. The van der Waals surface area contributed by atoms with Crippen molar-refractivity contribution < 1.29 is 15.3 Å². The van der Waals surface area contributed by atoms with Crippen molar-refractivity contribution in [1.29, 1.82) is 0 Å². The van der Waals surface area contributed by atoms with E-state index in [2.05, 4.69) is 20.8 Å². The van der Waals surface area contributed by atoms with Crippen molar-refractivity contribution in [3.05, 3.63) is 47.5 Å². The Morgan fingerprint density at radius 1 is 0.792 bits per heavy atom. The van der Waals surface area contributed by atoms with Gasteiger partial charge < -0.3 is 15.3 Å². The topological polar surface area (TPSA) is 60.7 Å². The summed E-state index contributed by atoms with van der Waals surface area (Å²) in [4.78, 5) is 0. The Hall–Kier alpha value is -2.20. The van der Waals surface area contributed by atoms with Crippen LogP contribution >= 0.6 is 0 Å². The molecule has 2 aromatic carbocycles. The molecule has 0 unspecified atom stereocenters. The van der Waals surface area contributed by atoms with E-state index in [9.17, 15) is 15.3 Å². The molecule has 4 heteroatoms. The molecule has 0 atom stereocenters. The van der Waals surface area contributed by atoms with E-state index in [0.717, 1.165) is 34.4 Å². The average Bonchev–Trinajstić information content (AvgIpc) is 2.57. The summed E-state index contributed by atoms with van der Waals surface area (Å²) in [6.07, 6.45) is 3.89. The summed E-state index contributed by atoms with van der Waals surface area (Å²) in [5.74, 6) is 0.516. The molecule has 2 rings (SSSR count). The van der Waals surface area contributed by atoms with E-state index >= 15 is 0 Å². The quantitative estimate of drug-likeness (QED) is 0.527. The van der Waals surface area contributed by atoms with Crippen molar-refractivity contribution in [2.45, 2.75) is 38.9 Å². The number of phenolic OH excluding ortho intramolecular Hbond substituents is 3. The number of hydrogen-bond acceptors (Lipinski definition) is 3. The third-order valence-corrected chi connectivity index (χ3v) is 10.7. The van der Waals surface area contributed by atoms with Crippen LogP contribution in [-0.2, 0) is 0 Å². The first kappa shape index (κ1) is 18.1. The largest absolute Gasteiger partial charge is 0.508 e. The van der Waals surface area contributed by atoms with E-state index in [4.69, 9.17) is 0 Å². The van der Waals surface area contributed by atoms with Gasteiger partial charge in [0, 0.05) is 6.07 Å².